The number of hydrogen-bond donors (Lipinski definition) is 1. The average Bonchev–Trinajstić information content (AvgIpc) is 3.10. The quantitative estimate of drug-likeness (QED) is 0.785. The highest BCUT2D eigenvalue weighted by Crippen LogP contribution is 2.32. The van der Waals surface area contributed by atoms with Gasteiger partial charge in [-0.25, -0.2) is 4.98 Å². The van der Waals surface area contributed by atoms with E-state index in [9.17, 15) is 4.79 Å². The third-order valence-corrected chi connectivity index (χ3v) is 4.32. The summed E-state index contributed by atoms with van der Waals surface area (Å²) in [5, 5.41) is 3.90. The summed E-state index contributed by atoms with van der Waals surface area (Å²) in [6, 6.07) is 10.9. The van der Waals surface area contributed by atoms with Crippen molar-refractivity contribution in [2.75, 3.05) is 12.1 Å². The summed E-state index contributed by atoms with van der Waals surface area (Å²) < 4.78 is 11.6. The molecule has 1 aliphatic rings. The Morgan fingerprint density at radius 1 is 1.18 bits per heavy atom. The number of thiazole rings is 1. The predicted molar refractivity (Wildman–Crippen MR) is 84.9 cm³/mol. The van der Waals surface area contributed by atoms with Crippen LogP contribution in [0, 0.1) is 6.92 Å². The Hall–Kier alpha value is -2.60. The molecule has 3 aromatic rings. The van der Waals surface area contributed by atoms with Gasteiger partial charge in [0.2, 0.25) is 6.79 Å². The summed E-state index contributed by atoms with van der Waals surface area (Å²) in [4.78, 5) is 16.7. The van der Waals surface area contributed by atoms with Crippen LogP contribution in [0.1, 0.15) is 15.4 Å². The van der Waals surface area contributed by atoms with Gasteiger partial charge in [0, 0.05) is 11.3 Å². The Balaban J connectivity index is 1.59. The lowest BCUT2D eigenvalue weighted by molar-refractivity contribution is 0.102. The maximum atomic E-state index is 12.3. The molecule has 22 heavy (non-hydrogen) atoms. The second-order valence-corrected chi connectivity index (χ2v) is 6.17. The van der Waals surface area contributed by atoms with E-state index in [2.05, 4.69) is 10.3 Å². The van der Waals surface area contributed by atoms with Crippen LogP contribution in [0.2, 0.25) is 0 Å². The van der Waals surface area contributed by atoms with E-state index in [1.54, 1.807) is 29.5 Å². The fourth-order valence-electron chi connectivity index (χ4n) is 2.36. The zero-order valence-electron chi connectivity index (χ0n) is 11.8. The molecule has 1 aromatic heterocycles. The first-order valence-electron chi connectivity index (χ1n) is 6.77. The summed E-state index contributed by atoms with van der Waals surface area (Å²) in [6.45, 7) is 2.16. The van der Waals surface area contributed by atoms with Gasteiger partial charge in [-0.05, 0) is 43.3 Å². The van der Waals surface area contributed by atoms with Gasteiger partial charge in [0.05, 0.1) is 15.2 Å². The van der Waals surface area contributed by atoms with Crippen molar-refractivity contribution in [3.8, 4) is 11.5 Å². The third kappa shape index (κ3) is 2.27. The zero-order chi connectivity index (χ0) is 15.1. The van der Waals surface area contributed by atoms with Gasteiger partial charge in [-0.3, -0.25) is 4.79 Å². The molecule has 110 valence electrons. The smallest absolute Gasteiger partial charge is 0.255 e. The fraction of sp³-hybridized carbons (Fsp3) is 0.125. The number of aryl methyl sites for hydroxylation is 1. The molecular formula is C16H12N2O3S. The van der Waals surface area contributed by atoms with Crippen LogP contribution in [0.5, 0.6) is 11.5 Å². The molecule has 0 fully saturated rings. The van der Waals surface area contributed by atoms with Gasteiger partial charge in [-0.15, -0.1) is 11.3 Å². The Morgan fingerprint density at radius 2 is 2.05 bits per heavy atom. The minimum Gasteiger partial charge on any atom is -0.454 e. The molecule has 0 saturated carbocycles. The molecule has 0 unspecified atom stereocenters. The van der Waals surface area contributed by atoms with E-state index in [0.717, 1.165) is 20.9 Å². The standard InChI is InChI=1S/C16H12N2O3S/c1-9-17-12-4-3-11(7-15(12)22-9)18-16(19)10-2-5-13-14(6-10)21-8-20-13/h2-7H,8H2,1H3,(H,18,19). The number of aromatic nitrogens is 1. The summed E-state index contributed by atoms with van der Waals surface area (Å²) in [5.74, 6) is 1.08. The predicted octanol–water partition coefficient (Wildman–Crippen LogP) is 3.59. The number of anilines is 1. The van der Waals surface area contributed by atoms with Crippen LogP contribution in [-0.2, 0) is 0 Å². The van der Waals surface area contributed by atoms with E-state index in [0.29, 0.717) is 17.1 Å². The van der Waals surface area contributed by atoms with Crippen LogP contribution in [0.15, 0.2) is 36.4 Å². The average molecular weight is 312 g/mol. The Bertz CT molecular complexity index is 888. The van der Waals surface area contributed by atoms with Crippen molar-refractivity contribution in [1.82, 2.24) is 4.98 Å². The number of benzene rings is 2. The van der Waals surface area contributed by atoms with Crippen molar-refractivity contribution in [2.45, 2.75) is 6.92 Å². The summed E-state index contributed by atoms with van der Waals surface area (Å²) in [6.07, 6.45) is 0. The minimum atomic E-state index is -0.182. The number of hydrogen-bond acceptors (Lipinski definition) is 5. The van der Waals surface area contributed by atoms with Crippen LogP contribution in [0.3, 0.4) is 0 Å². The van der Waals surface area contributed by atoms with Crippen molar-refractivity contribution < 1.29 is 14.3 Å². The number of carbonyl (C=O) groups excluding carboxylic acids is 1. The van der Waals surface area contributed by atoms with E-state index >= 15 is 0 Å². The van der Waals surface area contributed by atoms with Gasteiger partial charge in [0.1, 0.15) is 0 Å². The number of carbonyl (C=O) groups is 1. The van der Waals surface area contributed by atoms with E-state index in [4.69, 9.17) is 9.47 Å². The summed E-state index contributed by atoms with van der Waals surface area (Å²) in [7, 11) is 0. The monoisotopic (exact) mass is 312 g/mol. The molecule has 0 bridgehead atoms. The lowest BCUT2D eigenvalue weighted by Crippen LogP contribution is -2.11. The molecule has 6 heteroatoms. The first-order valence-corrected chi connectivity index (χ1v) is 7.59. The highest BCUT2D eigenvalue weighted by molar-refractivity contribution is 7.18. The number of nitrogens with one attached hydrogen (secondary N) is 1. The molecule has 1 N–H and O–H groups in total. The Kier molecular flexibility index (Phi) is 2.97. The van der Waals surface area contributed by atoms with E-state index in [-0.39, 0.29) is 12.7 Å². The van der Waals surface area contributed by atoms with Crippen LogP contribution in [-0.4, -0.2) is 17.7 Å². The molecule has 2 aromatic carbocycles. The highest BCUT2D eigenvalue weighted by atomic mass is 32.1. The largest absolute Gasteiger partial charge is 0.454 e. The molecular weight excluding hydrogens is 300 g/mol. The normalized spacial score (nSPS) is 12.6. The van der Waals surface area contributed by atoms with Gasteiger partial charge in [-0.2, -0.15) is 0 Å². The summed E-state index contributed by atoms with van der Waals surface area (Å²) >= 11 is 1.61. The lowest BCUT2D eigenvalue weighted by atomic mass is 10.2. The van der Waals surface area contributed by atoms with Crippen molar-refractivity contribution in [3.63, 3.8) is 0 Å². The van der Waals surface area contributed by atoms with Crippen molar-refractivity contribution in [3.05, 3.63) is 47.0 Å². The zero-order valence-corrected chi connectivity index (χ0v) is 12.6. The van der Waals surface area contributed by atoms with Crippen molar-refractivity contribution in [1.29, 1.82) is 0 Å². The highest BCUT2D eigenvalue weighted by Gasteiger charge is 2.16. The molecule has 0 spiro atoms. The maximum Gasteiger partial charge on any atom is 0.255 e. The van der Waals surface area contributed by atoms with Crippen LogP contribution in [0.25, 0.3) is 10.2 Å². The third-order valence-electron chi connectivity index (χ3n) is 3.39. The summed E-state index contributed by atoms with van der Waals surface area (Å²) in [5.41, 5.74) is 2.23. The van der Waals surface area contributed by atoms with Gasteiger partial charge in [0.15, 0.2) is 11.5 Å². The van der Waals surface area contributed by atoms with E-state index < -0.39 is 0 Å². The molecule has 0 saturated heterocycles. The number of fused-ring (bicyclic) bond motifs is 2. The van der Waals surface area contributed by atoms with Gasteiger partial charge >= 0.3 is 0 Å². The lowest BCUT2D eigenvalue weighted by Gasteiger charge is -2.06. The van der Waals surface area contributed by atoms with Gasteiger partial charge < -0.3 is 14.8 Å². The first kappa shape index (κ1) is 13.1. The van der Waals surface area contributed by atoms with Crippen LogP contribution >= 0.6 is 11.3 Å². The van der Waals surface area contributed by atoms with Crippen molar-refractivity contribution in [2.24, 2.45) is 0 Å². The van der Waals surface area contributed by atoms with E-state index in [1.165, 1.54) is 0 Å². The molecule has 0 atom stereocenters. The topological polar surface area (TPSA) is 60.5 Å². The maximum absolute atomic E-state index is 12.3. The van der Waals surface area contributed by atoms with E-state index in [1.807, 2.05) is 25.1 Å². The van der Waals surface area contributed by atoms with Crippen LogP contribution in [0.4, 0.5) is 5.69 Å². The number of nitrogens with zero attached hydrogens (tertiary/aromatic N) is 1. The SMILES string of the molecule is Cc1nc2ccc(NC(=O)c3ccc4c(c3)OCO4)cc2s1. The first-order chi connectivity index (χ1) is 10.7. The number of rotatable bonds is 2. The second-order valence-electron chi connectivity index (χ2n) is 4.94. The number of ether oxygens (including phenoxy) is 2. The second kappa shape index (κ2) is 4.99. The molecule has 0 aliphatic carbocycles. The van der Waals surface area contributed by atoms with Gasteiger partial charge in [0.25, 0.3) is 5.91 Å². The fourth-order valence-corrected chi connectivity index (χ4v) is 3.23. The number of amides is 1. The molecule has 1 aliphatic heterocycles. The minimum absolute atomic E-state index is 0.182. The van der Waals surface area contributed by atoms with Crippen molar-refractivity contribution >= 4 is 33.1 Å². The van der Waals surface area contributed by atoms with Crippen LogP contribution < -0.4 is 14.8 Å². The molecule has 2 heterocycles. The molecule has 0 radical (unpaired) electrons. The Labute approximate surface area is 130 Å². The van der Waals surface area contributed by atoms with Gasteiger partial charge in [-0.1, -0.05) is 0 Å². The Morgan fingerprint density at radius 3 is 2.95 bits per heavy atom. The molecule has 5 nitrogen and oxygen atoms in total. The molecule has 4 rings (SSSR count). The molecule has 1 amide bonds.